The number of fused-ring (bicyclic) bond motifs is 4. The van der Waals surface area contributed by atoms with E-state index in [0.717, 1.165) is 141 Å². The quantitative estimate of drug-likeness (QED) is 0.0831. The zero-order valence-electron chi connectivity index (χ0n) is 48.4. The number of rotatable bonds is 16. The third-order valence-corrected chi connectivity index (χ3v) is 18.3. The zero-order chi connectivity index (χ0) is 57.1. The first-order valence-electron chi connectivity index (χ1n) is 29.8. The lowest BCUT2D eigenvalue weighted by molar-refractivity contribution is -0.138. The molecule has 434 valence electrons. The van der Waals surface area contributed by atoms with Crippen molar-refractivity contribution in [2.75, 3.05) is 88.4 Å². The number of nitrogens with zero attached hydrogens (tertiary/aromatic N) is 10. The highest BCUT2D eigenvalue weighted by Gasteiger charge is 2.38. The Morgan fingerprint density at radius 1 is 0.927 bits per heavy atom. The van der Waals surface area contributed by atoms with E-state index in [0.29, 0.717) is 60.7 Å². The Morgan fingerprint density at radius 3 is 2.40 bits per heavy atom. The van der Waals surface area contributed by atoms with E-state index in [1.54, 1.807) is 34.6 Å². The number of carbonyl (C=O) groups is 2. The number of pyridine rings is 1. The van der Waals surface area contributed by atoms with Crippen LogP contribution in [0.3, 0.4) is 0 Å². The van der Waals surface area contributed by atoms with Crippen LogP contribution in [-0.4, -0.2) is 153 Å². The maximum Gasteiger partial charge on any atom is 0.319 e. The number of hydrogen-bond donors (Lipinski definition) is 3. The molecule has 4 aromatic heterocycles. The van der Waals surface area contributed by atoms with Gasteiger partial charge in [-0.25, -0.2) is 9.37 Å². The van der Waals surface area contributed by atoms with Crippen LogP contribution in [0.25, 0.3) is 43.4 Å². The summed E-state index contributed by atoms with van der Waals surface area (Å²) in [5.41, 5.74) is 7.01. The monoisotopic (exact) mass is 1130 g/mol. The lowest BCUT2D eigenvalue weighted by atomic mass is 9.79. The molecule has 0 radical (unpaired) electrons. The minimum atomic E-state index is -0.558. The van der Waals surface area contributed by atoms with Gasteiger partial charge in [0.25, 0.3) is 0 Å². The number of aromatic nitrogens is 5. The number of aryl methyl sites for hydroxylation is 2. The average molecular weight is 1140 g/mol. The van der Waals surface area contributed by atoms with Crippen LogP contribution >= 0.6 is 11.3 Å². The maximum absolute atomic E-state index is 17.1. The first-order valence-corrected chi connectivity index (χ1v) is 30.6. The summed E-state index contributed by atoms with van der Waals surface area (Å²) in [5, 5.41) is 24.3. The molecular weight excluding hydrogens is 1060 g/mol. The number of piperidine rings is 1. The minimum Gasteiger partial charge on any atom is -0.508 e. The number of benzene rings is 3. The van der Waals surface area contributed by atoms with Crippen molar-refractivity contribution in [3.05, 3.63) is 101 Å². The van der Waals surface area contributed by atoms with Crippen LogP contribution in [-0.2, 0) is 22.4 Å². The van der Waals surface area contributed by atoms with Crippen molar-refractivity contribution in [1.82, 2.24) is 50.4 Å². The minimum absolute atomic E-state index is 0.0490. The van der Waals surface area contributed by atoms with Crippen LogP contribution in [0.15, 0.2) is 76.9 Å². The largest absolute Gasteiger partial charge is 0.508 e. The van der Waals surface area contributed by atoms with Gasteiger partial charge in [-0.3, -0.25) is 24.4 Å². The van der Waals surface area contributed by atoms with Gasteiger partial charge in [0.1, 0.15) is 41.2 Å². The molecule has 12 rings (SSSR count). The number of halogens is 1. The van der Waals surface area contributed by atoms with Gasteiger partial charge in [-0.05, 0) is 117 Å². The number of carbonyl (C=O) groups excluding carboxylic acids is 2. The van der Waals surface area contributed by atoms with Crippen molar-refractivity contribution >= 4 is 56.5 Å². The second-order valence-corrected chi connectivity index (χ2v) is 24.4. The van der Waals surface area contributed by atoms with Crippen molar-refractivity contribution in [1.29, 1.82) is 0 Å². The number of phenolic OH excluding ortho intramolecular Hbond substituents is 1. The van der Waals surface area contributed by atoms with Gasteiger partial charge in [0, 0.05) is 88.8 Å². The number of ether oxygens (including phenoxy) is 1. The molecule has 17 nitrogen and oxygen atoms in total. The van der Waals surface area contributed by atoms with E-state index in [2.05, 4.69) is 80.2 Å². The summed E-state index contributed by atoms with van der Waals surface area (Å²) in [5.74, 6) is 1.11. The van der Waals surface area contributed by atoms with E-state index in [-0.39, 0.29) is 52.7 Å². The molecule has 3 N–H and O–H groups in total. The van der Waals surface area contributed by atoms with Crippen LogP contribution in [0.4, 0.5) is 16.0 Å². The predicted molar refractivity (Wildman–Crippen MR) is 321 cm³/mol. The molecule has 4 atom stereocenters. The highest BCUT2D eigenvalue weighted by Crippen LogP contribution is 2.40. The van der Waals surface area contributed by atoms with Crippen LogP contribution in [0.1, 0.15) is 108 Å². The van der Waals surface area contributed by atoms with Gasteiger partial charge in [-0.1, -0.05) is 81.7 Å². The number of hydrogen-bond acceptors (Lipinski definition) is 16. The summed E-state index contributed by atoms with van der Waals surface area (Å²) < 4.78 is 29.2. The zero-order valence-corrected chi connectivity index (χ0v) is 49.2. The SMILES string of the molecule is CCC.CCc1cccc2cc(O)cc(-c3ncc4c(N5CC6CCC(C5)N6)nc(OCCN5CCC(C)(CN6CCN(c7cc(CC(=O)N8CCCC8C(=O)NC(C)c8ccc(-c9scnc9C)cc8)on7)CC6)CC5)nc4c3F)c12. The van der Waals surface area contributed by atoms with E-state index < -0.39 is 11.9 Å². The number of thiazole rings is 1. The Labute approximate surface area is 484 Å². The number of amides is 2. The number of phenols is 1. The highest BCUT2D eigenvalue weighted by molar-refractivity contribution is 7.13. The molecule has 0 saturated carbocycles. The number of piperazine rings is 2. The second kappa shape index (κ2) is 25.0. The molecule has 5 fully saturated rings. The molecule has 82 heavy (non-hydrogen) atoms. The Hall–Kier alpha value is -6.80. The molecule has 5 aliphatic rings. The van der Waals surface area contributed by atoms with Crippen LogP contribution < -0.4 is 25.2 Å². The molecule has 9 heterocycles. The van der Waals surface area contributed by atoms with Crippen molar-refractivity contribution in [3.8, 4) is 33.5 Å². The van der Waals surface area contributed by atoms with Gasteiger partial charge in [-0.15, -0.1) is 11.3 Å². The first kappa shape index (κ1) is 57.0. The first-order chi connectivity index (χ1) is 39.8. The number of anilines is 2. The van der Waals surface area contributed by atoms with E-state index >= 15 is 4.39 Å². The molecule has 0 aliphatic carbocycles. The van der Waals surface area contributed by atoms with Crippen molar-refractivity contribution in [2.45, 2.75) is 123 Å². The third kappa shape index (κ3) is 12.4. The Bertz CT molecular complexity index is 3360. The predicted octanol–water partition coefficient (Wildman–Crippen LogP) is 9.74. The molecule has 2 amide bonds. The molecule has 5 aliphatic heterocycles. The van der Waals surface area contributed by atoms with E-state index in [1.165, 1.54) is 6.42 Å². The standard InChI is InChI=1S/C60H71FN12O5S.C3H8/c1-5-39-8-6-9-42-28-45(74)29-47(52(39)42)54-53(61)55-48(32-62-54)57(72-33-43-15-16-44(34-72)65-43)67-59(66-55)77-27-26-69-20-17-60(4,18-21-69)35-70-22-24-71(25-23-70)50-30-46(78-68-50)31-51(75)73-19-7-10-49(73)58(76)64-37(2)40-11-13-41(14-12-40)56-38(3)63-36-79-56;1-3-2/h6,8-9,11-14,28-30,32,36-37,43-44,49,65,74H,5,7,10,15-27,31,33-35H2,1-4H3,(H,64,76);3H2,1-2H3. The van der Waals surface area contributed by atoms with Crippen LogP contribution in [0.2, 0.25) is 0 Å². The molecule has 3 aromatic carbocycles. The topological polar surface area (TPSA) is 181 Å². The fraction of sp³-hybridized carbons (Fsp3) is 0.508. The van der Waals surface area contributed by atoms with Crippen molar-refractivity contribution < 1.29 is 28.3 Å². The van der Waals surface area contributed by atoms with Gasteiger partial charge < -0.3 is 39.7 Å². The number of nitrogens with one attached hydrogen (secondary N) is 2. The summed E-state index contributed by atoms with van der Waals surface area (Å²) >= 11 is 1.62. The average Bonchev–Trinajstić information content (AvgIpc) is 4.12. The highest BCUT2D eigenvalue weighted by atomic mass is 32.1. The lowest BCUT2D eigenvalue weighted by Gasteiger charge is -2.44. The summed E-state index contributed by atoms with van der Waals surface area (Å²) in [6.45, 7) is 22.1. The molecule has 4 unspecified atom stereocenters. The Kier molecular flexibility index (Phi) is 17.4. The summed E-state index contributed by atoms with van der Waals surface area (Å²) in [7, 11) is 0. The number of aromatic hydroxyl groups is 1. The van der Waals surface area contributed by atoms with Gasteiger partial charge in [0.2, 0.25) is 11.8 Å². The molecular formula is C63H79FN12O5S. The van der Waals surface area contributed by atoms with Crippen molar-refractivity contribution in [3.63, 3.8) is 0 Å². The molecule has 2 bridgehead atoms. The van der Waals surface area contributed by atoms with Crippen molar-refractivity contribution in [2.24, 2.45) is 5.41 Å². The summed E-state index contributed by atoms with van der Waals surface area (Å²) in [6.07, 6.45) is 9.43. The smallest absolute Gasteiger partial charge is 0.319 e. The lowest BCUT2D eigenvalue weighted by Crippen LogP contribution is -2.51. The van der Waals surface area contributed by atoms with Gasteiger partial charge in [0.05, 0.1) is 33.9 Å². The van der Waals surface area contributed by atoms with Gasteiger partial charge in [-0.2, -0.15) is 9.97 Å². The third-order valence-electron chi connectivity index (χ3n) is 17.4. The second-order valence-electron chi connectivity index (χ2n) is 23.6. The normalized spacial score (nSPS) is 20.5. The fourth-order valence-corrected chi connectivity index (χ4v) is 13.7. The van der Waals surface area contributed by atoms with E-state index in [9.17, 15) is 14.7 Å². The van der Waals surface area contributed by atoms with E-state index in [4.69, 9.17) is 24.2 Å². The Morgan fingerprint density at radius 2 is 1.68 bits per heavy atom. The molecule has 7 aromatic rings. The van der Waals surface area contributed by atoms with Crippen LogP contribution in [0.5, 0.6) is 11.8 Å². The van der Waals surface area contributed by atoms with Gasteiger partial charge >= 0.3 is 6.01 Å². The Balaban J connectivity index is 0.00000230. The molecule has 0 spiro atoms. The van der Waals surface area contributed by atoms with Crippen LogP contribution in [0, 0.1) is 18.2 Å². The summed E-state index contributed by atoms with van der Waals surface area (Å²) in [6, 6.07) is 19.4. The molecule has 5 saturated heterocycles. The molecule has 19 heteroatoms. The summed E-state index contributed by atoms with van der Waals surface area (Å²) in [4.78, 5) is 58.3. The number of likely N-dealkylation sites (tertiary alicyclic amines) is 2. The van der Waals surface area contributed by atoms with Gasteiger partial charge in [0.15, 0.2) is 11.6 Å². The maximum atomic E-state index is 17.1. The van der Waals surface area contributed by atoms with E-state index in [1.807, 2.05) is 55.8 Å². The fourth-order valence-electron chi connectivity index (χ4n) is 12.9.